The molecule has 3 rings (SSSR count). The summed E-state index contributed by atoms with van der Waals surface area (Å²) >= 11 is 0. The van der Waals surface area contributed by atoms with Crippen molar-refractivity contribution in [3.8, 4) is 0 Å². The van der Waals surface area contributed by atoms with Gasteiger partial charge in [-0.2, -0.15) is 0 Å². The first kappa shape index (κ1) is 12.2. The Balaban J connectivity index is 1.76. The van der Waals surface area contributed by atoms with Gasteiger partial charge in [-0.3, -0.25) is 0 Å². The van der Waals surface area contributed by atoms with Crippen molar-refractivity contribution in [2.45, 2.75) is 63.3 Å². The smallest absolute Gasteiger partial charge is 0.0320 e. The molecule has 1 atom stereocenters. The Morgan fingerprint density at radius 2 is 1.61 bits per heavy atom. The predicted octanol–water partition coefficient (Wildman–Crippen LogP) is 4.55. The van der Waals surface area contributed by atoms with Gasteiger partial charge >= 0.3 is 0 Å². The third-order valence-electron chi connectivity index (χ3n) is 4.70. The average molecular weight is 243 g/mol. The molecule has 98 valence electrons. The molecule has 1 saturated heterocycles. The van der Waals surface area contributed by atoms with Gasteiger partial charge in [0.2, 0.25) is 0 Å². The molecule has 1 aromatic carbocycles. The van der Waals surface area contributed by atoms with Crippen molar-refractivity contribution in [1.29, 1.82) is 0 Å². The average Bonchev–Trinajstić information content (AvgIpc) is 2.82. The Hall–Kier alpha value is -0.820. The van der Waals surface area contributed by atoms with Gasteiger partial charge in [0.15, 0.2) is 0 Å². The normalized spacial score (nSPS) is 26.1. The molecule has 1 N–H and O–H groups in total. The number of rotatable bonds is 2. The van der Waals surface area contributed by atoms with Crippen LogP contribution >= 0.6 is 0 Å². The second-order valence-corrected chi connectivity index (χ2v) is 6.01. The van der Waals surface area contributed by atoms with Crippen LogP contribution in [0, 0.1) is 0 Å². The zero-order chi connectivity index (χ0) is 12.2. The first-order valence-electron chi connectivity index (χ1n) is 7.77. The molecule has 0 spiro atoms. The summed E-state index contributed by atoms with van der Waals surface area (Å²) in [6.07, 6.45) is 11.2. The van der Waals surface area contributed by atoms with E-state index in [0.717, 1.165) is 5.92 Å². The largest absolute Gasteiger partial charge is 0.310 e. The van der Waals surface area contributed by atoms with Gasteiger partial charge in [0.05, 0.1) is 0 Å². The molecule has 1 nitrogen and oxygen atoms in total. The minimum absolute atomic E-state index is 0.621. The first-order valence-corrected chi connectivity index (χ1v) is 7.77. The van der Waals surface area contributed by atoms with Crippen molar-refractivity contribution >= 4 is 0 Å². The van der Waals surface area contributed by atoms with Gasteiger partial charge in [0.1, 0.15) is 0 Å². The Morgan fingerprint density at radius 1 is 0.833 bits per heavy atom. The minimum Gasteiger partial charge on any atom is -0.310 e. The summed E-state index contributed by atoms with van der Waals surface area (Å²) in [5.74, 6) is 0.828. The van der Waals surface area contributed by atoms with Crippen LogP contribution in [0.4, 0.5) is 0 Å². The van der Waals surface area contributed by atoms with Crippen molar-refractivity contribution in [3.05, 3.63) is 35.4 Å². The van der Waals surface area contributed by atoms with E-state index in [2.05, 4.69) is 29.6 Å². The molecule has 1 heterocycles. The molecule has 1 saturated carbocycles. The van der Waals surface area contributed by atoms with E-state index in [1.165, 1.54) is 63.5 Å². The van der Waals surface area contributed by atoms with Gasteiger partial charge in [-0.1, -0.05) is 49.9 Å². The van der Waals surface area contributed by atoms with E-state index in [1.54, 1.807) is 5.56 Å². The lowest BCUT2D eigenvalue weighted by atomic mass is 9.89. The SMILES string of the molecule is c1cc(C2CCCCCC2)cc(C2CCCN2)c1. The van der Waals surface area contributed by atoms with E-state index < -0.39 is 0 Å². The van der Waals surface area contributed by atoms with Crippen molar-refractivity contribution in [1.82, 2.24) is 5.32 Å². The Labute approximate surface area is 111 Å². The van der Waals surface area contributed by atoms with Gasteiger partial charge < -0.3 is 5.32 Å². The lowest BCUT2D eigenvalue weighted by molar-refractivity contribution is 0.588. The third-order valence-corrected chi connectivity index (χ3v) is 4.70. The van der Waals surface area contributed by atoms with Crippen LogP contribution in [-0.4, -0.2) is 6.54 Å². The van der Waals surface area contributed by atoms with Crippen LogP contribution in [-0.2, 0) is 0 Å². The quantitative estimate of drug-likeness (QED) is 0.751. The molecule has 1 aliphatic heterocycles. The van der Waals surface area contributed by atoms with Crippen LogP contribution in [0.1, 0.15) is 74.5 Å². The molecule has 1 unspecified atom stereocenters. The van der Waals surface area contributed by atoms with Gasteiger partial charge in [0.25, 0.3) is 0 Å². The van der Waals surface area contributed by atoms with E-state index in [0.29, 0.717) is 6.04 Å². The lowest BCUT2D eigenvalue weighted by Gasteiger charge is -2.18. The van der Waals surface area contributed by atoms with E-state index in [1.807, 2.05) is 0 Å². The van der Waals surface area contributed by atoms with Gasteiger partial charge in [-0.15, -0.1) is 0 Å². The molecular formula is C17H25N. The predicted molar refractivity (Wildman–Crippen MR) is 76.9 cm³/mol. The highest BCUT2D eigenvalue weighted by Gasteiger charge is 2.19. The maximum Gasteiger partial charge on any atom is 0.0320 e. The maximum absolute atomic E-state index is 3.62. The van der Waals surface area contributed by atoms with Gasteiger partial charge in [-0.25, -0.2) is 0 Å². The molecule has 0 bridgehead atoms. The van der Waals surface area contributed by atoms with E-state index in [-0.39, 0.29) is 0 Å². The second kappa shape index (κ2) is 5.88. The highest BCUT2D eigenvalue weighted by atomic mass is 14.9. The van der Waals surface area contributed by atoms with E-state index >= 15 is 0 Å². The fourth-order valence-electron chi connectivity index (χ4n) is 3.61. The van der Waals surface area contributed by atoms with Gasteiger partial charge in [-0.05, 0) is 49.3 Å². The Kier molecular flexibility index (Phi) is 3.99. The Bertz CT molecular complexity index is 371. The minimum atomic E-state index is 0.621. The highest BCUT2D eigenvalue weighted by molar-refractivity contribution is 5.29. The van der Waals surface area contributed by atoms with Crippen molar-refractivity contribution < 1.29 is 0 Å². The molecule has 1 heteroatoms. The molecule has 1 aromatic rings. The molecule has 2 aliphatic rings. The standard InChI is InChI=1S/C17H25N/c1-2-4-8-14(7-3-1)15-9-5-10-16(13-15)17-11-6-12-18-17/h5,9-10,13-14,17-18H,1-4,6-8,11-12H2. The summed E-state index contributed by atoms with van der Waals surface area (Å²) in [7, 11) is 0. The zero-order valence-electron chi connectivity index (χ0n) is 11.3. The fourth-order valence-corrected chi connectivity index (χ4v) is 3.61. The third kappa shape index (κ3) is 2.77. The summed E-state index contributed by atoms with van der Waals surface area (Å²) in [4.78, 5) is 0. The van der Waals surface area contributed by atoms with Crippen LogP contribution in [0.2, 0.25) is 0 Å². The zero-order valence-corrected chi connectivity index (χ0v) is 11.3. The van der Waals surface area contributed by atoms with E-state index in [4.69, 9.17) is 0 Å². The second-order valence-electron chi connectivity index (χ2n) is 6.01. The topological polar surface area (TPSA) is 12.0 Å². The maximum atomic E-state index is 3.62. The first-order chi connectivity index (χ1) is 8.93. The van der Waals surface area contributed by atoms with Crippen molar-refractivity contribution in [2.75, 3.05) is 6.54 Å². The summed E-state index contributed by atoms with van der Waals surface area (Å²) in [6, 6.07) is 10.0. The van der Waals surface area contributed by atoms with Crippen LogP contribution in [0.5, 0.6) is 0 Å². The molecular weight excluding hydrogens is 218 g/mol. The number of nitrogens with one attached hydrogen (secondary N) is 1. The lowest BCUT2D eigenvalue weighted by Crippen LogP contribution is -2.13. The molecule has 1 aliphatic carbocycles. The summed E-state index contributed by atoms with van der Waals surface area (Å²) in [6.45, 7) is 1.19. The van der Waals surface area contributed by atoms with Gasteiger partial charge in [0, 0.05) is 6.04 Å². The van der Waals surface area contributed by atoms with Crippen LogP contribution in [0.25, 0.3) is 0 Å². The van der Waals surface area contributed by atoms with Crippen LogP contribution in [0.3, 0.4) is 0 Å². The summed E-state index contributed by atoms with van der Waals surface area (Å²) < 4.78 is 0. The van der Waals surface area contributed by atoms with Crippen LogP contribution < -0.4 is 5.32 Å². The molecule has 0 aromatic heterocycles. The van der Waals surface area contributed by atoms with Crippen molar-refractivity contribution in [3.63, 3.8) is 0 Å². The number of hydrogen-bond acceptors (Lipinski definition) is 1. The number of benzene rings is 1. The number of hydrogen-bond donors (Lipinski definition) is 1. The molecule has 0 radical (unpaired) electrons. The molecule has 0 amide bonds. The molecule has 2 fully saturated rings. The Morgan fingerprint density at radius 3 is 2.33 bits per heavy atom. The fraction of sp³-hybridized carbons (Fsp3) is 0.647. The summed E-state index contributed by atoms with van der Waals surface area (Å²) in [5, 5.41) is 3.62. The van der Waals surface area contributed by atoms with E-state index in [9.17, 15) is 0 Å². The monoisotopic (exact) mass is 243 g/mol. The molecule has 18 heavy (non-hydrogen) atoms. The van der Waals surface area contributed by atoms with Crippen molar-refractivity contribution in [2.24, 2.45) is 0 Å². The highest BCUT2D eigenvalue weighted by Crippen LogP contribution is 2.33. The summed E-state index contributed by atoms with van der Waals surface area (Å²) in [5.41, 5.74) is 3.12. The van der Waals surface area contributed by atoms with Crippen LogP contribution in [0.15, 0.2) is 24.3 Å².